The van der Waals surface area contributed by atoms with Gasteiger partial charge in [0.25, 0.3) is 0 Å². The number of benzene rings is 2. The molecule has 5 heteroatoms. The molecule has 1 aliphatic heterocycles. The number of rotatable bonds is 3. The highest BCUT2D eigenvalue weighted by Crippen LogP contribution is 2.32. The second-order valence-corrected chi connectivity index (χ2v) is 5.19. The molecule has 0 saturated carbocycles. The van der Waals surface area contributed by atoms with Crippen LogP contribution in [-0.4, -0.2) is 32.3 Å². The molecule has 2 aromatic carbocycles. The van der Waals surface area contributed by atoms with Gasteiger partial charge in [-0.15, -0.1) is 0 Å². The topological polar surface area (TPSA) is 67.6 Å². The van der Waals surface area contributed by atoms with Crippen LogP contribution >= 0.6 is 0 Å². The molecule has 2 amide bonds. The second kappa shape index (κ2) is 6.49. The van der Waals surface area contributed by atoms with Gasteiger partial charge in [0.15, 0.2) is 0 Å². The van der Waals surface area contributed by atoms with E-state index in [0.29, 0.717) is 5.69 Å². The Bertz CT molecular complexity index is 666. The van der Waals surface area contributed by atoms with Crippen molar-refractivity contribution in [2.75, 3.05) is 36.5 Å². The van der Waals surface area contributed by atoms with Gasteiger partial charge in [0, 0.05) is 30.0 Å². The van der Waals surface area contributed by atoms with Crippen molar-refractivity contribution in [1.29, 1.82) is 0 Å². The van der Waals surface area contributed by atoms with E-state index in [0.717, 1.165) is 37.4 Å². The number of nitrogens with one attached hydrogen (secondary N) is 1. The SMILES string of the molecule is NC(=O)Nc1cccc(-c2ccccc2N2CCOCC2)c1. The molecule has 1 aliphatic rings. The first-order valence-electron chi connectivity index (χ1n) is 7.32. The number of urea groups is 1. The lowest BCUT2D eigenvalue weighted by Gasteiger charge is -2.30. The summed E-state index contributed by atoms with van der Waals surface area (Å²) in [4.78, 5) is 13.3. The van der Waals surface area contributed by atoms with E-state index in [1.807, 2.05) is 36.4 Å². The monoisotopic (exact) mass is 297 g/mol. The number of carbonyl (C=O) groups is 1. The van der Waals surface area contributed by atoms with Crippen LogP contribution in [0.25, 0.3) is 11.1 Å². The molecular formula is C17H19N3O2. The Kier molecular flexibility index (Phi) is 4.25. The number of amides is 2. The van der Waals surface area contributed by atoms with E-state index in [2.05, 4.69) is 22.3 Å². The number of anilines is 2. The van der Waals surface area contributed by atoms with E-state index < -0.39 is 6.03 Å². The molecular weight excluding hydrogens is 278 g/mol. The number of para-hydroxylation sites is 1. The fourth-order valence-electron chi connectivity index (χ4n) is 2.70. The van der Waals surface area contributed by atoms with E-state index in [1.54, 1.807) is 0 Å². The third-order valence-electron chi connectivity index (χ3n) is 3.70. The first-order valence-corrected chi connectivity index (χ1v) is 7.32. The highest BCUT2D eigenvalue weighted by molar-refractivity contribution is 5.89. The van der Waals surface area contributed by atoms with Crippen LogP contribution in [0.15, 0.2) is 48.5 Å². The second-order valence-electron chi connectivity index (χ2n) is 5.19. The van der Waals surface area contributed by atoms with Crippen molar-refractivity contribution in [3.8, 4) is 11.1 Å². The van der Waals surface area contributed by atoms with Gasteiger partial charge in [0.1, 0.15) is 0 Å². The standard InChI is InChI=1S/C17H19N3O2/c18-17(21)19-14-5-3-4-13(12-14)15-6-1-2-7-16(15)20-8-10-22-11-9-20/h1-7,12H,8-11H2,(H3,18,19,21). The average Bonchev–Trinajstić information content (AvgIpc) is 2.55. The normalized spacial score (nSPS) is 14.6. The van der Waals surface area contributed by atoms with Gasteiger partial charge in [0.2, 0.25) is 0 Å². The van der Waals surface area contributed by atoms with Gasteiger partial charge in [-0.1, -0.05) is 30.3 Å². The van der Waals surface area contributed by atoms with Crippen molar-refractivity contribution in [2.24, 2.45) is 5.73 Å². The molecule has 0 aromatic heterocycles. The minimum absolute atomic E-state index is 0.557. The smallest absolute Gasteiger partial charge is 0.316 e. The number of hydrogen-bond donors (Lipinski definition) is 2. The molecule has 114 valence electrons. The number of hydrogen-bond acceptors (Lipinski definition) is 3. The Hall–Kier alpha value is -2.53. The molecule has 0 radical (unpaired) electrons. The minimum atomic E-state index is -0.557. The summed E-state index contributed by atoms with van der Waals surface area (Å²) < 4.78 is 5.43. The van der Waals surface area contributed by atoms with E-state index in [9.17, 15) is 4.79 Å². The van der Waals surface area contributed by atoms with Gasteiger partial charge in [-0.3, -0.25) is 0 Å². The third-order valence-corrected chi connectivity index (χ3v) is 3.70. The number of carbonyl (C=O) groups excluding carboxylic acids is 1. The largest absolute Gasteiger partial charge is 0.378 e. The van der Waals surface area contributed by atoms with Crippen molar-refractivity contribution < 1.29 is 9.53 Å². The van der Waals surface area contributed by atoms with Gasteiger partial charge in [0.05, 0.1) is 13.2 Å². The quantitative estimate of drug-likeness (QED) is 0.915. The van der Waals surface area contributed by atoms with Crippen LogP contribution in [0.5, 0.6) is 0 Å². The molecule has 0 unspecified atom stereocenters. The average molecular weight is 297 g/mol. The number of nitrogens with two attached hydrogens (primary N) is 1. The van der Waals surface area contributed by atoms with Gasteiger partial charge in [-0.25, -0.2) is 4.79 Å². The molecule has 2 aromatic rings. The summed E-state index contributed by atoms with van der Waals surface area (Å²) in [5, 5.41) is 2.62. The van der Waals surface area contributed by atoms with E-state index in [-0.39, 0.29) is 0 Å². The highest BCUT2D eigenvalue weighted by atomic mass is 16.5. The molecule has 1 fully saturated rings. The molecule has 0 atom stereocenters. The lowest BCUT2D eigenvalue weighted by atomic mass is 10.0. The zero-order valence-corrected chi connectivity index (χ0v) is 12.3. The van der Waals surface area contributed by atoms with Crippen LogP contribution in [0.1, 0.15) is 0 Å². The minimum Gasteiger partial charge on any atom is -0.378 e. The van der Waals surface area contributed by atoms with Crippen molar-refractivity contribution in [1.82, 2.24) is 0 Å². The molecule has 5 nitrogen and oxygen atoms in total. The Labute approximate surface area is 129 Å². The van der Waals surface area contributed by atoms with Crippen LogP contribution in [0.2, 0.25) is 0 Å². The summed E-state index contributed by atoms with van der Waals surface area (Å²) in [6, 6.07) is 15.4. The van der Waals surface area contributed by atoms with Crippen LogP contribution in [-0.2, 0) is 4.74 Å². The fourth-order valence-corrected chi connectivity index (χ4v) is 2.70. The number of ether oxygens (including phenoxy) is 1. The summed E-state index contributed by atoms with van der Waals surface area (Å²) in [6.45, 7) is 3.27. The van der Waals surface area contributed by atoms with Crippen LogP contribution < -0.4 is 16.0 Å². The zero-order chi connectivity index (χ0) is 15.4. The molecule has 0 spiro atoms. The summed E-state index contributed by atoms with van der Waals surface area (Å²) in [6.07, 6.45) is 0. The van der Waals surface area contributed by atoms with Gasteiger partial charge in [-0.2, -0.15) is 0 Å². The Morgan fingerprint density at radius 2 is 1.86 bits per heavy atom. The zero-order valence-electron chi connectivity index (χ0n) is 12.3. The highest BCUT2D eigenvalue weighted by Gasteiger charge is 2.15. The van der Waals surface area contributed by atoms with E-state index in [4.69, 9.17) is 10.5 Å². The molecule has 1 heterocycles. The Morgan fingerprint density at radius 3 is 2.64 bits per heavy atom. The molecule has 3 rings (SSSR count). The summed E-state index contributed by atoms with van der Waals surface area (Å²) in [5.74, 6) is 0. The van der Waals surface area contributed by atoms with Gasteiger partial charge < -0.3 is 20.7 Å². The predicted molar refractivity (Wildman–Crippen MR) is 88.1 cm³/mol. The summed E-state index contributed by atoms with van der Waals surface area (Å²) >= 11 is 0. The van der Waals surface area contributed by atoms with Crippen molar-refractivity contribution >= 4 is 17.4 Å². The molecule has 0 aliphatic carbocycles. The first kappa shape index (κ1) is 14.4. The lowest BCUT2D eigenvalue weighted by Crippen LogP contribution is -2.36. The first-order chi connectivity index (χ1) is 10.7. The maximum atomic E-state index is 11.0. The maximum Gasteiger partial charge on any atom is 0.316 e. The molecule has 0 bridgehead atoms. The predicted octanol–water partition coefficient (Wildman–Crippen LogP) is 2.68. The molecule has 1 saturated heterocycles. The maximum absolute atomic E-state index is 11.0. The van der Waals surface area contributed by atoms with Gasteiger partial charge in [-0.05, 0) is 23.8 Å². The molecule has 22 heavy (non-hydrogen) atoms. The number of morpholine rings is 1. The van der Waals surface area contributed by atoms with Crippen molar-refractivity contribution in [2.45, 2.75) is 0 Å². The van der Waals surface area contributed by atoms with Crippen molar-refractivity contribution in [3.63, 3.8) is 0 Å². The summed E-state index contributed by atoms with van der Waals surface area (Å²) in [5.41, 5.74) is 9.25. The van der Waals surface area contributed by atoms with E-state index >= 15 is 0 Å². The fraction of sp³-hybridized carbons (Fsp3) is 0.235. The van der Waals surface area contributed by atoms with Crippen LogP contribution in [0.3, 0.4) is 0 Å². The van der Waals surface area contributed by atoms with E-state index in [1.165, 1.54) is 5.69 Å². The number of primary amides is 1. The van der Waals surface area contributed by atoms with Crippen LogP contribution in [0.4, 0.5) is 16.2 Å². The lowest BCUT2D eigenvalue weighted by molar-refractivity contribution is 0.123. The van der Waals surface area contributed by atoms with Gasteiger partial charge >= 0.3 is 6.03 Å². The summed E-state index contributed by atoms with van der Waals surface area (Å²) in [7, 11) is 0. The molecule has 3 N–H and O–H groups in total. The Balaban J connectivity index is 1.96. The third kappa shape index (κ3) is 3.20. The number of nitrogens with zero attached hydrogens (tertiary/aromatic N) is 1. The Morgan fingerprint density at radius 1 is 1.09 bits per heavy atom. The van der Waals surface area contributed by atoms with Crippen LogP contribution in [0, 0.1) is 0 Å². The van der Waals surface area contributed by atoms with Crippen molar-refractivity contribution in [3.05, 3.63) is 48.5 Å².